The standard InChI is InChI=1S/C16H21ClN2O2/c1-16(11-21-16)10-19-8-6-12(7-9-19)15(20)18-14-4-2-13(17)3-5-14/h2-5,12H,6-11H2,1H3,(H,18,20)/t16-/m0/s1. The number of carbonyl (C=O) groups excluding carboxylic acids is 1. The van der Waals surface area contributed by atoms with E-state index in [-0.39, 0.29) is 17.4 Å². The monoisotopic (exact) mass is 308 g/mol. The molecule has 21 heavy (non-hydrogen) atoms. The highest BCUT2D eigenvalue weighted by Crippen LogP contribution is 2.29. The van der Waals surface area contributed by atoms with Gasteiger partial charge in [-0.25, -0.2) is 0 Å². The fourth-order valence-corrected chi connectivity index (χ4v) is 2.94. The number of epoxide rings is 1. The lowest BCUT2D eigenvalue weighted by molar-refractivity contribution is -0.121. The van der Waals surface area contributed by atoms with Crippen molar-refractivity contribution in [2.24, 2.45) is 5.92 Å². The molecule has 4 nitrogen and oxygen atoms in total. The molecule has 114 valence electrons. The number of hydrogen-bond donors (Lipinski definition) is 1. The van der Waals surface area contributed by atoms with Crippen molar-refractivity contribution in [2.75, 3.05) is 31.6 Å². The third-order valence-electron chi connectivity index (χ3n) is 4.27. The van der Waals surface area contributed by atoms with E-state index in [0.717, 1.165) is 44.8 Å². The Kier molecular flexibility index (Phi) is 4.20. The van der Waals surface area contributed by atoms with Crippen LogP contribution in [0.2, 0.25) is 5.02 Å². The van der Waals surface area contributed by atoms with Gasteiger partial charge in [0.15, 0.2) is 0 Å². The summed E-state index contributed by atoms with van der Waals surface area (Å²) in [6.07, 6.45) is 1.82. The normalized spacial score (nSPS) is 26.6. The van der Waals surface area contributed by atoms with Crippen molar-refractivity contribution >= 4 is 23.2 Å². The van der Waals surface area contributed by atoms with Crippen LogP contribution < -0.4 is 5.32 Å². The average molecular weight is 309 g/mol. The minimum absolute atomic E-state index is 0.0679. The fourth-order valence-electron chi connectivity index (χ4n) is 2.82. The second-order valence-electron chi connectivity index (χ2n) is 6.29. The molecule has 0 unspecified atom stereocenters. The molecule has 2 heterocycles. The lowest BCUT2D eigenvalue weighted by atomic mass is 9.95. The van der Waals surface area contributed by atoms with Gasteiger partial charge >= 0.3 is 0 Å². The van der Waals surface area contributed by atoms with Gasteiger partial charge in [0, 0.05) is 23.2 Å². The van der Waals surface area contributed by atoms with E-state index >= 15 is 0 Å². The molecule has 0 aliphatic carbocycles. The molecule has 1 aromatic carbocycles. The molecular formula is C16H21ClN2O2. The van der Waals surface area contributed by atoms with E-state index in [1.165, 1.54) is 0 Å². The first-order chi connectivity index (χ1) is 10.0. The average Bonchev–Trinajstić information content (AvgIpc) is 3.19. The summed E-state index contributed by atoms with van der Waals surface area (Å²) < 4.78 is 5.43. The van der Waals surface area contributed by atoms with Gasteiger partial charge in [-0.2, -0.15) is 0 Å². The molecule has 1 atom stereocenters. The number of hydrogen-bond acceptors (Lipinski definition) is 3. The maximum absolute atomic E-state index is 12.3. The smallest absolute Gasteiger partial charge is 0.227 e. The molecule has 2 saturated heterocycles. The van der Waals surface area contributed by atoms with Crippen molar-refractivity contribution in [1.82, 2.24) is 4.90 Å². The molecule has 2 fully saturated rings. The van der Waals surface area contributed by atoms with Gasteiger partial charge in [-0.3, -0.25) is 4.79 Å². The second kappa shape index (κ2) is 5.95. The summed E-state index contributed by atoms with van der Waals surface area (Å²) in [5.74, 6) is 0.218. The molecule has 0 spiro atoms. The van der Waals surface area contributed by atoms with Crippen LogP contribution in [0.15, 0.2) is 24.3 Å². The minimum atomic E-state index is 0.0679. The van der Waals surface area contributed by atoms with Gasteiger partial charge in [0.05, 0.1) is 6.61 Å². The molecule has 0 radical (unpaired) electrons. The van der Waals surface area contributed by atoms with Crippen LogP contribution in [0, 0.1) is 5.92 Å². The summed E-state index contributed by atoms with van der Waals surface area (Å²) in [5, 5.41) is 3.65. The SMILES string of the molecule is C[C@]1(CN2CCC(C(=O)Nc3ccc(Cl)cc3)CC2)CO1. The molecule has 0 aromatic heterocycles. The highest BCUT2D eigenvalue weighted by Gasteiger charge is 2.41. The molecule has 1 N–H and O–H groups in total. The molecule has 1 aromatic rings. The molecule has 0 bridgehead atoms. The van der Waals surface area contributed by atoms with Gasteiger partial charge in [-0.15, -0.1) is 0 Å². The van der Waals surface area contributed by atoms with Gasteiger partial charge in [0.1, 0.15) is 5.60 Å². The Morgan fingerprint density at radius 2 is 2.00 bits per heavy atom. The molecule has 1 amide bonds. The number of halogens is 1. The summed E-state index contributed by atoms with van der Waals surface area (Å²) in [6, 6.07) is 7.24. The molecule has 3 rings (SSSR count). The Hall–Kier alpha value is -1.10. The third kappa shape index (κ3) is 3.96. The van der Waals surface area contributed by atoms with E-state index in [4.69, 9.17) is 16.3 Å². The summed E-state index contributed by atoms with van der Waals surface area (Å²) >= 11 is 5.84. The first-order valence-corrected chi connectivity index (χ1v) is 7.85. The summed E-state index contributed by atoms with van der Waals surface area (Å²) in [7, 11) is 0. The third-order valence-corrected chi connectivity index (χ3v) is 4.52. The molecule has 2 aliphatic heterocycles. The molecule has 0 saturated carbocycles. The minimum Gasteiger partial charge on any atom is -0.369 e. The Balaban J connectivity index is 1.47. The number of piperidine rings is 1. The summed E-state index contributed by atoms with van der Waals surface area (Å²) in [5.41, 5.74) is 0.879. The number of benzene rings is 1. The predicted octanol–water partition coefficient (Wildman–Crippen LogP) is 2.78. The van der Waals surface area contributed by atoms with Crippen LogP contribution in [0.1, 0.15) is 19.8 Å². The zero-order chi connectivity index (χ0) is 14.9. The first kappa shape index (κ1) is 14.8. The van der Waals surface area contributed by atoms with E-state index in [2.05, 4.69) is 17.1 Å². The van der Waals surface area contributed by atoms with Crippen molar-refractivity contribution in [3.8, 4) is 0 Å². The number of amides is 1. The van der Waals surface area contributed by atoms with Crippen LogP contribution >= 0.6 is 11.6 Å². The van der Waals surface area contributed by atoms with E-state index in [1.54, 1.807) is 12.1 Å². The number of rotatable bonds is 4. The lowest BCUT2D eigenvalue weighted by Crippen LogP contribution is -2.42. The van der Waals surface area contributed by atoms with Gasteiger partial charge in [-0.05, 0) is 57.1 Å². The second-order valence-corrected chi connectivity index (χ2v) is 6.72. The zero-order valence-electron chi connectivity index (χ0n) is 12.3. The first-order valence-electron chi connectivity index (χ1n) is 7.47. The van der Waals surface area contributed by atoms with Crippen molar-refractivity contribution in [3.05, 3.63) is 29.3 Å². The lowest BCUT2D eigenvalue weighted by Gasteiger charge is -2.32. The number of nitrogens with one attached hydrogen (secondary N) is 1. The number of ether oxygens (including phenoxy) is 1. The van der Waals surface area contributed by atoms with Crippen molar-refractivity contribution < 1.29 is 9.53 Å². The largest absolute Gasteiger partial charge is 0.369 e. The van der Waals surface area contributed by atoms with E-state index < -0.39 is 0 Å². The maximum Gasteiger partial charge on any atom is 0.227 e. The zero-order valence-corrected chi connectivity index (χ0v) is 13.0. The number of likely N-dealkylation sites (tertiary alicyclic amines) is 1. The highest BCUT2D eigenvalue weighted by molar-refractivity contribution is 6.30. The predicted molar refractivity (Wildman–Crippen MR) is 83.6 cm³/mol. The quantitative estimate of drug-likeness (QED) is 0.870. The van der Waals surface area contributed by atoms with E-state index in [1.807, 2.05) is 12.1 Å². The van der Waals surface area contributed by atoms with Gasteiger partial charge in [0.2, 0.25) is 5.91 Å². The van der Waals surface area contributed by atoms with Crippen molar-refractivity contribution in [1.29, 1.82) is 0 Å². The highest BCUT2D eigenvalue weighted by atomic mass is 35.5. The van der Waals surface area contributed by atoms with Gasteiger partial charge in [0.25, 0.3) is 0 Å². The number of nitrogens with zero attached hydrogens (tertiary/aromatic N) is 1. The molecule has 2 aliphatic rings. The fraction of sp³-hybridized carbons (Fsp3) is 0.562. The van der Waals surface area contributed by atoms with Crippen molar-refractivity contribution in [2.45, 2.75) is 25.4 Å². The Morgan fingerprint density at radius 1 is 1.38 bits per heavy atom. The Labute approximate surface area is 130 Å². The number of carbonyl (C=O) groups is 1. The van der Waals surface area contributed by atoms with Crippen LogP contribution in [-0.4, -0.2) is 42.6 Å². The van der Waals surface area contributed by atoms with Gasteiger partial charge < -0.3 is 15.0 Å². The summed E-state index contributed by atoms with van der Waals surface area (Å²) in [6.45, 7) is 5.93. The Bertz CT molecular complexity index is 506. The van der Waals surface area contributed by atoms with Gasteiger partial charge in [-0.1, -0.05) is 11.6 Å². The maximum atomic E-state index is 12.3. The van der Waals surface area contributed by atoms with E-state index in [9.17, 15) is 4.79 Å². The summed E-state index contributed by atoms with van der Waals surface area (Å²) in [4.78, 5) is 14.7. The molecular weight excluding hydrogens is 288 g/mol. The molecule has 5 heteroatoms. The topological polar surface area (TPSA) is 44.9 Å². The van der Waals surface area contributed by atoms with E-state index in [0.29, 0.717) is 5.02 Å². The van der Waals surface area contributed by atoms with Crippen LogP contribution in [0.5, 0.6) is 0 Å². The van der Waals surface area contributed by atoms with Crippen LogP contribution in [-0.2, 0) is 9.53 Å². The van der Waals surface area contributed by atoms with Crippen LogP contribution in [0.25, 0.3) is 0 Å². The Morgan fingerprint density at radius 3 is 2.57 bits per heavy atom. The van der Waals surface area contributed by atoms with Crippen molar-refractivity contribution in [3.63, 3.8) is 0 Å². The number of anilines is 1. The van der Waals surface area contributed by atoms with Crippen LogP contribution in [0.3, 0.4) is 0 Å². The van der Waals surface area contributed by atoms with Crippen LogP contribution in [0.4, 0.5) is 5.69 Å².